The fraction of sp³-hybridized carbons (Fsp3) is 0.300. The Kier molecular flexibility index (Phi) is 2.23. The van der Waals surface area contributed by atoms with Crippen molar-refractivity contribution in [3.63, 3.8) is 0 Å². The monoisotopic (exact) mass is 195 g/mol. The lowest BCUT2D eigenvalue weighted by Crippen LogP contribution is -2.01. The van der Waals surface area contributed by atoms with Crippen LogP contribution in [-0.2, 0) is 4.74 Å². The molecule has 1 aliphatic heterocycles. The Labute approximate surface area is 82.2 Å². The van der Waals surface area contributed by atoms with Crippen molar-refractivity contribution in [1.29, 1.82) is 0 Å². The maximum atomic E-state index is 5.92. The molecule has 0 N–H and O–H groups in total. The van der Waals surface area contributed by atoms with E-state index in [1.165, 1.54) is 0 Å². The Morgan fingerprint density at radius 3 is 2.85 bits per heavy atom. The van der Waals surface area contributed by atoms with E-state index in [0.29, 0.717) is 12.5 Å². The molecule has 0 saturated carbocycles. The van der Waals surface area contributed by atoms with E-state index in [9.17, 15) is 0 Å². The van der Waals surface area contributed by atoms with Gasteiger partial charge in [-0.2, -0.15) is 0 Å². The van der Waals surface area contributed by atoms with Crippen LogP contribution in [0.2, 0.25) is 5.02 Å². The third kappa shape index (κ3) is 1.83. The Balaban J connectivity index is 2.39. The lowest BCUT2D eigenvalue weighted by atomic mass is 10.1. The van der Waals surface area contributed by atoms with E-state index in [1.807, 2.05) is 25.1 Å². The van der Waals surface area contributed by atoms with E-state index < -0.39 is 0 Å². The van der Waals surface area contributed by atoms with E-state index in [4.69, 9.17) is 16.3 Å². The van der Waals surface area contributed by atoms with Crippen LogP contribution in [0.5, 0.6) is 0 Å². The minimum Gasteiger partial charge on any atom is -0.476 e. The molecule has 0 unspecified atom stereocenters. The molecule has 68 valence electrons. The van der Waals surface area contributed by atoms with Gasteiger partial charge in [-0.15, -0.1) is 0 Å². The zero-order chi connectivity index (χ0) is 9.26. The second-order valence-electron chi connectivity index (χ2n) is 3.05. The second kappa shape index (κ2) is 3.38. The fourth-order valence-corrected chi connectivity index (χ4v) is 1.66. The van der Waals surface area contributed by atoms with Gasteiger partial charge in [-0.05, 0) is 30.7 Å². The molecule has 0 aromatic heterocycles. The number of aliphatic imine (C=N–C) groups is 1. The number of nitrogens with zero attached hydrogens (tertiary/aromatic N) is 1. The van der Waals surface area contributed by atoms with E-state index in [2.05, 4.69) is 4.99 Å². The summed E-state index contributed by atoms with van der Waals surface area (Å²) < 4.78 is 5.34. The number of hydrogen-bond acceptors (Lipinski definition) is 2. The first-order valence-corrected chi connectivity index (χ1v) is 4.58. The first kappa shape index (κ1) is 8.57. The SMILES string of the molecule is Cc1cc(Cl)cc(C2=NCCO2)c1. The van der Waals surface area contributed by atoms with Crippen molar-refractivity contribution in [2.45, 2.75) is 6.92 Å². The third-order valence-electron chi connectivity index (χ3n) is 1.87. The summed E-state index contributed by atoms with van der Waals surface area (Å²) in [7, 11) is 0. The minimum atomic E-state index is 0.681. The average Bonchev–Trinajstić information content (AvgIpc) is 2.53. The summed E-state index contributed by atoms with van der Waals surface area (Å²) in [6.45, 7) is 3.44. The maximum Gasteiger partial charge on any atom is 0.216 e. The van der Waals surface area contributed by atoms with E-state index >= 15 is 0 Å². The van der Waals surface area contributed by atoms with Crippen LogP contribution in [0.25, 0.3) is 0 Å². The third-order valence-corrected chi connectivity index (χ3v) is 2.09. The highest BCUT2D eigenvalue weighted by Crippen LogP contribution is 2.16. The van der Waals surface area contributed by atoms with Crippen LogP contribution in [0.4, 0.5) is 0 Å². The number of aryl methyl sites for hydroxylation is 1. The molecule has 3 heteroatoms. The van der Waals surface area contributed by atoms with Gasteiger partial charge in [0.25, 0.3) is 0 Å². The standard InChI is InChI=1S/C10H10ClNO/c1-7-4-8(6-9(11)5-7)10-12-2-3-13-10/h4-6H,2-3H2,1H3. The summed E-state index contributed by atoms with van der Waals surface area (Å²) in [5.41, 5.74) is 2.10. The predicted octanol–water partition coefficient (Wildman–Crippen LogP) is 2.43. The normalized spacial score (nSPS) is 15.4. The molecule has 0 fully saturated rings. The average molecular weight is 196 g/mol. The number of hydrogen-bond donors (Lipinski definition) is 0. The molecule has 1 aromatic rings. The Morgan fingerprint density at radius 1 is 1.38 bits per heavy atom. The summed E-state index contributed by atoms with van der Waals surface area (Å²) in [4.78, 5) is 4.22. The van der Waals surface area contributed by atoms with Crippen LogP contribution in [0.15, 0.2) is 23.2 Å². The highest BCUT2D eigenvalue weighted by molar-refractivity contribution is 6.31. The summed E-state index contributed by atoms with van der Waals surface area (Å²) >= 11 is 5.92. The first-order valence-electron chi connectivity index (χ1n) is 4.20. The van der Waals surface area contributed by atoms with Gasteiger partial charge in [0.15, 0.2) is 0 Å². The zero-order valence-corrected chi connectivity index (χ0v) is 8.14. The smallest absolute Gasteiger partial charge is 0.216 e. The molecule has 1 aliphatic rings. The van der Waals surface area contributed by atoms with Gasteiger partial charge in [-0.1, -0.05) is 11.6 Å². The second-order valence-corrected chi connectivity index (χ2v) is 3.49. The summed E-state index contributed by atoms with van der Waals surface area (Å²) in [5.74, 6) is 0.714. The quantitative estimate of drug-likeness (QED) is 0.675. The van der Waals surface area contributed by atoms with Gasteiger partial charge < -0.3 is 4.74 Å². The molecule has 0 bridgehead atoms. The highest BCUT2D eigenvalue weighted by Gasteiger charge is 2.10. The van der Waals surface area contributed by atoms with E-state index in [1.54, 1.807) is 0 Å². The van der Waals surface area contributed by atoms with Crippen molar-refractivity contribution >= 4 is 17.5 Å². The molecule has 0 atom stereocenters. The highest BCUT2D eigenvalue weighted by atomic mass is 35.5. The number of ether oxygens (including phenoxy) is 1. The van der Waals surface area contributed by atoms with Gasteiger partial charge in [-0.3, -0.25) is 0 Å². The van der Waals surface area contributed by atoms with Gasteiger partial charge in [0.05, 0.1) is 6.54 Å². The van der Waals surface area contributed by atoms with Crippen LogP contribution in [0.1, 0.15) is 11.1 Å². The summed E-state index contributed by atoms with van der Waals surface area (Å²) in [6.07, 6.45) is 0. The van der Waals surface area contributed by atoms with E-state index in [0.717, 1.165) is 22.7 Å². The lowest BCUT2D eigenvalue weighted by Gasteiger charge is -2.03. The molecular formula is C10H10ClNO. The fourth-order valence-electron chi connectivity index (χ4n) is 1.37. The van der Waals surface area contributed by atoms with Gasteiger partial charge in [0.1, 0.15) is 6.61 Å². The molecule has 0 aliphatic carbocycles. The van der Waals surface area contributed by atoms with Crippen molar-refractivity contribution in [2.24, 2.45) is 4.99 Å². The molecule has 2 nitrogen and oxygen atoms in total. The molecule has 13 heavy (non-hydrogen) atoms. The topological polar surface area (TPSA) is 21.6 Å². The van der Waals surface area contributed by atoms with Gasteiger partial charge >= 0.3 is 0 Å². The Bertz CT molecular complexity index is 340. The van der Waals surface area contributed by atoms with Crippen molar-refractivity contribution in [2.75, 3.05) is 13.2 Å². The van der Waals surface area contributed by atoms with E-state index in [-0.39, 0.29) is 0 Å². The summed E-state index contributed by atoms with van der Waals surface area (Å²) in [5, 5.41) is 0.730. The first-order chi connectivity index (χ1) is 6.25. The van der Waals surface area contributed by atoms with Gasteiger partial charge in [0, 0.05) is 10.6 Å². The zero-order valence-electron chi connectivity index (χ0n) is 7.38. The number of halogens is 1. The molecule has 0 saturated heterocycles. The van der Waals surface area contributed by atoms with Crippen molar-refractivity contribution < 1.29 is 4.74 Å². The minimum absolute atomic E-state index is 0.681. The van der Waals surface area contributed by atoms with Crippen molar-refractivity contribution in [3.8, 4) is 0 Å². The van der Waals surface area contributed by atoms with Crippen LogP contribution in [0, 0.1) is 6.92 Å². The van der Waals surface area contributed by atoms with Crippen molar-refractivity contribution in [3.05, 3.63) is 34.3 Å². The molecular weight excluding hydrogens is 186 g/mol. The Hall–Kier alpha value is -1.02. The molecule has 1 heterocycles. The Morgan fingerprint density at radius 2 is 2.23 bits per heavy atom. The molecule has 0 radical (unpaired) electrons. The lowest BCUT2D eigenvalue weighted by molar-refractivity contribution is 0.348. The molecule has 0 amide bonds. The maximum absolute atomic E-state index is 5.92. The molecule has 1 aromatic carbocycles. The van der Waals surface area contributed by atoms with Crippen molar-refractivity contribution in [1.82, 2.24) is 0 Å². The largest absolute Gasteiger partial charge is 0.476 e. The summed E-state index contributed by atoms with van der Waals surface area (Å²) in [6, 6.07) is 5.81. The van der Waals surface area contributed by atoms with Crippen LogP contribution >= 0.6 is 11.6 Å². The molecule has 0 spiro atoms. The molecule has 2 rings (SSSR count). The number of rotatable bonds is 1. The predicted molar refractivity (Wildman–Crippen MR) is 53.5 cm³/mol. The van der Waals surface area contributed by atoms with Crippen LogP contribution in [-0.4, -0.2) is 19.0 Å². The van der Waals surface area contributed by atoms with Crippen LogP contribution in [0.3, 0.4) is 0 Å². The van der Waals surface area contributed by atoms with Gasteiger partial charge in [-0.25, -0.2) is 4.99 Å². The van der Waals surface area contributed by atoms with Gasteiger partial charge in [0.2, 0.25) is 5.90 Å². The van der Waals surface area contributed by atoms with Crippen LogP contribution < -0.4 is 0 Å². The number of benzene rings is 1.